The summed E-state index contributed by atoms with van der Waals surface area (Å²) in [5.74, 6) is 0.678. The summed E-state index contributed by atoms with van der Waals surface area (Å²) < 4.78 is 7.61. The van der Waals surface area contributed by atoms with Crippen LogP contribution in [0, 0.1) is 5.41 Å². The van der Waals surface area contributed by atoms with Gasteiger partial charge in [0.25, 0.3) is 0 Å². The number of anilines is 1. The van der Waals surface area contributed by atoms with Crippen LogP contribution in [0.4, 0.5) is 6.01 Å². The van der Waals surface area contributed by atoms with Crippen LogP contribution in [0.3, 0.4) is 0 Å². The minimum Gasteiger partial charge on any atom is -0.408 e. The van der Waals surface area contributed by atoms with Gasteiger partial charge in [0.2, 0.25) is 5.89 Å². The van der Waals surface area contributed by atoms with Crippen molar-refractivity contribution >= 4 is 6.01 Å². The molecule has 0 fully saturated rings. The van der Waals surface area contributed by atoms with E-state index in [2.05, 4.69) is 46.9 Å². The van der Waals surface area contributed by atoms with E-state index in [9.17, 15) is 0 Å². The average molecular weight is 248 g/mol. The van der Waals surface area contributed by atoms with Crippen LogP contribution in [0.2, 0.25) is 0 Å². The van der Waals surface area contributed by atoms with Crippen molar-refractivity contribution in [1.82, 2.24) is 14.8 Å². The zero-order valence-electron chi connectivity index (χ0n) is 11.4. The molecule has 18 heavy (non-hydrogen) atoms. The van der Waals surface area contributed by atoms with Gasteiger partial charge in [0.15, 0.2) is 0 Å². The molecule has 2 aromatic rings. The van der Waals surface area contributed by atoms with Crippen molar-refractivity contribution < 1.29 is 4.42 Å². The summed E-state index contributed by atoms with van der Waals surface area (Å²) >= 11 is 0. The lowest BCUT2D eigenvalue weighted by atomic mass is 9.92. The molecule has 0 bridgehead atoms. The van der Waals surface area contributed by atoms with Crippen LogP contribution in [0.25, 0.3) is 0 Å². The number of hydrogen-bond donors (Lipinski definition) is 1. The molecular weight excluding hydrogens is 228 g/mol. The summed E-state index contributed by atoms with van der Waals surface area (Å²) in [6, 6.07) is 4.55. The summed E-state index contributed by atoms with van der Waals surface area (Å²) in [5, 5.41) is 11.2. The van der Waals surface area contributed by atoms with Crippen molar-refractivity contribution in [2.75, 3.05) is 5.32 Å². The monoisotopic (exact) mass is 248 g/mol. The Labute approximate surface area is 107 Å². The molecule has 0 saturated heterocycles. The maximum Gasteiger partial charge on any atom is 0.315 e. The Morgan fingerprint density at radius 2 is 2.11 bits per heavy atom. The highest BCUT2D eigenvalue weighted by molar-refractivity contribution is 5.20. The number of aryl methyl sites for hydroxylation is 1. The minimum absolute atomic E-state index is 0.155. The number of hydrogen-bond acceptors (Lipinski definition) is 4. The van der Waals surface area contributed by atoms with Crippen LogP contribution >= 0.6 is 0 Å². The lowest BCUT2D eigenvalue weighted by Gasteiger charge is -2.14. The Morgan fingerprint density at radius 3 is 2.72 bits per heavy atom. The van der Waals surface area contributed by atoms with E-state index in [0.29, 0.717) is 18.5 Å². The highest BCUT2D eigenvalue weighted by Crippen LogP contribution is 2.20. The quantitative estimate of drug-likeness (QED) is 0.903. The first-order valence-electron chi connectivity index (χ1n) is 6.10. The Balaban J connectivity index is 1.93. The van der Waals surface area contributed by atoms with Crippen LogP contribution < -0.4 is 5.32 Å². The van der Waals surface area contributed by atoms with Crippen LogP contribution in [0.15, 0.2) is 22.7 Å². The van der Waals surface area contributed by atoms with E-state index in [1.165, 1.54) is 5.69 Å². The lowest BCUT2D eigenvalue weighted by molar-refractivity contribution is 0.357. The van der Waals surface area contributed by atoms with Gasteiger partial charge >= 0.3 is 6.01 Å². The van der Waals surface area contributed by atoms with Gasteiger partial charge in [0.05, 0.1) is 6.54 Å². The molecule has 5 heteroatoms. The molecule has 0 spiro atoms. The van der Waals surface area contributed by atoms with Crippen LogP contribution in [-0.2, 0) is 20.0 Å². The SMILES string of the molecule is Cn1cccc1CNc1nnc(CC(C)(C)C)o1. The zero-order valence-corrected chi connectivity index (χ0v) is 11.4. The topological polar surface area (TPSA) is 55.9 Å². The van der Waals surface area contributed by atoms with Gasteiger partial charge in [-0.1, -0.05) is 25.9 Å². The predicted octanol–water partition coefficient (Wildman–Crippen LogP) is 2.61. The van der Waals surface area contributed by atoms with E-state index >= 15 is 0 Å². The molecule has 0 atom stereocenters. The van der Waals surface area contributed by atoms with Crippen molar-refractivity contribution in [1.29, 1.82) is 0 Å². The second kappa shape index (κ2) is 4.84. The summed E-state index contributed by atoms with van der Waals surface area (Å²) in [7, 11) is 2.01. The lowest BCUT2D eigenvalue weighted by Crippen LogP contribution is -2.09. The Kier molecular flexibility index (Phi) is 3.41. The summed E-state index contributed by atoms with van der Waals surface area (Å²) in [5.41, 5.74) is 1.33. The Morgan fingerprint density at radius 1 is 1.33 bits per heavy atom. The van der Waals surface area contributed by atoms with E-state index in [4.69, 9.17) is 4.42 Å². The molecule has 0 unspecified atom stereocenters. The number of aromatic nitrogens is 3. The molecule has 98 valence electrons. The van der Waals surface area contributed by atoms with Crippen molar-refractivity contribution in [3.63, 3.8) is 0 Å². The fourth-order valence-electron chi connectivity index (χ4n) is 1.70. The average Bonchev–Trinajstić information content (AvgIpc) is 2.82. The van der Waals surface area contributed by atoms with E-state index in [1.807, 2.05) is 19.3 Å². The fourth-order valence-corrected chi connectivity index (χ4v) is 1.70. The van der Waals surface area contributed by atoms with Crippen LogP contribution in [-0.4, -0.2) is 14.8 Å². The molecule has 2 heterocycles. The van der Waals surface area contributed by atoms with Crippen molar-refractivity contribution in [3.8, 4) is 0 Å². The molecule has 2 aromatic heterocycles. The maximum absolute atomic E-state index is 5.56. The van der Waals surface area contributed by atoms with Gasteiger partial charge in [-0.3, -0.25) is 0 Å². The molecule has 0 aliphatic rings. The van der Waals surface area contributed by atoms with Gasteiger partial charge in [-0.25, -0.2) is 0 Å². The van der Waals surface area contributed by atoms with E-state index in [1.54, 1.807) is 0 Å². The molecule has 0 aliphatic heterocycles. The molecule has 0 aromatic carbocycles. The molecule has 2 rings (SSSR count). The first-order valence-corrected chi connectivity index (χ1v) is 6.10. The smallest absolute Gasteiger partial charge is 0.315 e. The number of nitrogens with one attached hydrogen (secondary N) is 1. The van der Waals surface area contributed by atoms with Crippen LogP contribution in [0.5, 0.6) is 0 Å². The van der Waals surface area contributed by atoms with E-state index < -0.39 is 0 Å². The van der Waals surface area contributed by atoms with E-state index in [0.717, 1.165) is 6.42 Å². The first kappa shape index (κ1) is 12.7. The molecule has 0 saturated carbocycles. The van der Waals surface area contributed by atoms with Gasteiger partial charge in [-0.2, -0.15) is 0 Å². The third kappa shape index (κ3) is 3.35. The van der Waals surface area contributed by atoms with E-state index in [-0.39, 0.29) is 5.41 Å². The highest BCUT2D eigenvalue weighted by atomic mass is 16.4. The largest absolute Gasteiger partial charge is 0.408 e. The Hall–Kier alpha value is -1.78. The molecule has 0 radical (unpaired) electrons. The summed E-state index contributed by atoms with van der Waals surface area (Å²) in [6.07, 6.45) is 2.79. The number of rotatable bonds is 4. The van der Waals surface area contributed by atoms with Gasteiger partial charge < -0.3 is 14.3 Å². The molecular formula is C13H20N4O. The summed E-state index contributed by atoms with van der Waals surface area (Å²) in [6.45, 7) is 7.12. The van der Waals surface area contributed by atoms with Crippen molar-refractivity contribution in [2.45, 2.75) is 33.7 Å². The minimum atomic E-state index is 0.155. The second-order valence-electron chi connectivity index (χ2n) is 5.70. The first-order chi connectivity index (χ1) is 8.44. The third-order valence-corrected chi connectivity index (χ3v) is 2.62. The molecule has 0 amide bonds. The van der Waals surface area contributed by atoms with Crippen LogP contribution in [0.1, 0.15) is 32.4 Å². The normalized spacial score (nSPS) is 11.8. The third-order valence-electron chi connectivity index (χ3n) is 2.62. The van der Waals surface area contributed by atoms with Gasteiger partial charge in [-0.05, 0) is 17.5 Å². The second-order valence-corrected chi connectivity index (χ2v) is 5.70. The van der Waals surface area contributed by atoms with Gasteiger partial charge in [0.1, 0.15) is 0 Å². The zero-order chi connectivity index (χ0) is 13.2. The number of nitrogens with zero attached hydrogens (tertiary/aromatic N) is 3. The van der Waals surface area contributed by atoms with Gasteiger partial charge in [0, 0.05) is 25.4 Å². The summed E-state index contributed by atoms with van der Waals surface area (Å²) in [4.78, 5) is 0. The Bertz CT molecular complexity index is 507. The molecule has 1 N–H and O–H groups in total. The standard InChI is InChI=1S/C13H20N4O/c1-13(2,3)8-11-15-16-12(18-11)14-9-10-6-5-7-17(10)4/h5-7H,8-9H2,1-4H3,(H,14,16). The maximum atomic E-state index is 5.56. The fraction of sp³-hybridized carbons (Fsp3) is 0.538. The highest BCUT2D eigenvalue weighted by Gasteiger charge is 2.16. The van der Waals surface area contributed by atoms with Crippen molar-refractivity contribution in [2.24, 2.45) is 12.5 Å². The molecule has 0 aliphatic carbocycles. The molecule has 5 nitrogen and oxygen atoms in total. The van der Waals surface area contributed by atoms with Crippen molar-refractivity contribution in [3.05, 3.63) is 29.9 Å². The predicted molar refractivity (Wildman–Crippen MR) is 70.2 cm³/mol. The van der Waals surface area contributed by atoms with Gasteiger partial charge in [-0.15, -0.1) is 5.10 Å².